The number of thiophene rings is 1. The quantitative estimate of drug-likeness (QED) is 0.714. The Kier molecular flexibility index (Phi) is 1.99. The van der Waals surface area contributed by atoms with E-state index in [9.17, 15) is 0 Å². The molecule has 15 heavy (non-hydrogen) atoms. The van der Waals surface area contributed by atoms with E-state index >= 15 is 0 Å². The first kappa shape index (κ1) is 8.61. The number of imidazole rings is 1. The highest BCUT2D eigenvalue weighted by Gasteiger charge is 2.04. The molecule has 0 aromatic carbocycles. The first-order valence-electron chi connectivity index (χ1n) is 4.74. The third-order valence-corrected chi connectivity index (χ3v) is 3.10. The number of rotatable bonds is 2. The lowest BCUT2D eigenvalue weighted by molar-refractivity contribution is 1.05. The summed E-state index contributed by atoms with van der Waals surface area (Å²) in [4.78, 5) is 13.2. The second kappa shape index (κ2) is 3.47. The molecule has 0 radical (unpaired) electrons. The van der Waals surface area contributed by atoms with Crippen LogP contribution in [-0.4, -0.2) is 15.0 Å². The Labute approximate surface area is 90.8 Å². The summed E-state index contributed by atoms with van der Waals surface area (Å²) in [6.45, 7) is 0. The highest BCUT2D eigenvalue weighted by molar-refractivity contribution is 7.09. The largest absolute Gasteiger partial charge is 0.340 e. The molecule has 0 aliphatic carbocycles. The zero-order chi connectivity index (χ0) is 10.1. The van der Waals surface area contributed by atoms with Gasteiger partial charge in [-0.15, -0.1) is 11.3 Å². The van der Waals surface area contributed by atoms with E-state index in [2.05, 4.69) is 32.5 Å². The van der Waals surface area contributed by atoms with Crippen molar-refractivity contribution in [2.24, 2.45) is 0 Å². The number of aromatic amines is 1. The van der Waals surface area contributed by atoms with Crippen molar-refractivity contribution in [1.29, 1.82) is 0 Å². The molecule has 3 rings (SSSR count). The van der Waals surface area contributed by atoms with Crippen molar-refractivity contribution in [2.75, 3.05) is 0 Å². The van der Waals surface area contributed by atoms with Crippen LogP contribution in [0.4, 0.5) is 0 Å². The van der Waals surface area contributed by atoms with Gasteiger partial charge in [0.25, 0.3) is 0 Å². The molecular weight excluding hydrogens is 206 g/mol. The summed E-state index contributed by atoms with van der Waals surface area (Å²) in [5.41, 5.74) is 1.80. The smallest absolute Gasteiger partial charge is 0.177 e. The molecule has 0 spiro atoms. The Bertz CT molecular complexity index is 535. The summed E-state index contributed by atoms with van der Waals surface area (Å²) in [6.07, 6.45) is 2.62. The predicted molar refractivity (Wildman–Crippen MR) is 61.0 cm³/mol. The summed E-state index contributed by atoms with van der Waals surface area (Å²) in [6, 6.07) is 8.08. The highest BCUT2D eigenvalue weighted by atomic mass is 32.1. The van der Waals surface area contributed by atoms with Crippen molar-refractivity contribution >= 4 is 22.5 Å². The Morgan fingerprint density at radius 3 is 3.07 bits per heavy atom. The first-order chi connectivity index (χ1) is 7.42. The fourth-order valence-corrected chi connectivity index (χ4v) is 2.27. The highest BCUT2D eigenvalue weighted by Crippen LogP contribution is 2.15. The summed E-state index contributed by atoms with van der Waals surface area (Å²) in [5, 5.41) is 2.08. The molecule has 0 aliphatic rings. The van der Waals surface area contributed by atoms with Crippen LogP contribution in [-0.2, 0) is 6.42 Å². The second-order valence-electron chi connectivity index (χ2n) is 3.31. The third kappa shape index (κ3) is 1.64. The Morgan fingerprint density at radius 1 is 1.27 bits per heavy atom. The maximum Gasteiger partial charge on any atom is 0.177 e. The van der Waals surface area contributed by atoms with Crippen LogP contribution in [0.1, 0.15) is 10.7 Å². The van der Waals surface area contributed by atoms with Crippen LogP contribution >= 0.6 is 11.3 Å². The lowest BCUT2D eigenvalue weighted by Crippen LogP contribution is -1.86. The number of hydrogen-bond donors (Lipinski definition) is 1. The summed E-state index contributed by atoms with van der Waals surface area (Å²) < 4.78 is 0. The van der Waals surface area contributed by atoms with E-state index in [4.69, 9.17) is 0 Å². The minimum Gasteiger partial charge on any atom is -0.340 e. The van der Waals surface area contributed by atoms with Crippen molar-refractivity contribution in [3.8, 4) is 0 Å². The number of H-pyrrole nitrogens is 1. The monoisotopic (exact) mass is 215 g/mol. The van der Waals surface area contributed by atoms with Crippen LogP contribution in [0, 0.1) is 0 Å². The van der Waals surface area contributed by atoms with Crippen LogP contribution in [0.5, 0.6) is 0 Å². The molecule has 4 heteroatoms. The molecule has 0 amide bonds. The van der Waals surface area contributed by atoms with Crippen LogP contribution < -0.4 is 0 Å². The van der Waals surface area contributed by atoms with Crippen LogP contribution in [0.25, 0.3) is 11.2 Å². The number of hydrogen-bond acceptors (Lipinski definition) is 3. The third-order valence-electron chi connectivity index (χ3n) is 2.23. The summed E-state index contributed by atoms with van der Waals surface area (Å²) in [7, 11) is 0. The second-order valence-corrected chi connectivity index (χ2v) is 4.35. The molecule has 0 aliphatic heterocycles. The molecule has 3 aromatic rings. The van der Waals surface area contributed by atoms with Gasteiger partial charge in [-0.05, 0) is 23.6 Å². The lowest BCUT2D eigenvalue weighted by Gasteiger charge is -1.90. The molecule has 0 bridgehead atoms. The number of nitrogens with zero attached hydrogens (tertiary/aromatic N) is 2. The number of aromatic nitrogens is 3. The molecule has 0 fully saturated rings. The molecule has 3 heterocycles. The molecular formula is C11H9N3S. The van der Waals surface area contributed by atoms with Crippen molar-refractivity contribution in [3.05, 3.63) is 46.5 Å². The molecule has 0 saturated carbocycles. The maximum absolute atomic E-state index is 4.43. The van der Waals surface area contributed by atoms with Crippen molar-refractivity contribution in [1.82, 2.24) is 15.0 Å². The molecule has 74 valence electrons. The van der Waals surface area contributed by atoms with Crippen molar-refractivity contribution < 1.29 is 0 Å². The first-order valence-corrected chi connectivity index (χ1v) is 5.62. The van der Waals surface area contributed by atoms with E-state index in [0.29, 0.717) is 0 Å². The lowest BCUT2D eigenvalue weighted by atomic mass is 10.3. The van der Waals surface area contributed by atoms with Gasteiger partial charge in [-0.2, -0.15) is 0 Å². The Hall–Kier alpha value is -1.68. The average Bonchev–Trinajstić information content (AvgIpc) is 2.86. The number of pyridine rings is 1. The van der Waals surface area contributed by atoms with Gasteiger partial charge in [0, 0.05) is 17.5 Å². The van der Waals surface area contributed by atoms with Gasteiger partial charge in [0.05, 0.1) is 5.52 Å². The normalized spacial score (nSPS) is 10.9. The molecule has 1 N–H and O–H groups in total. The van der Waals surface area contributed by atoms with Gasteiger partial charge in [0.1, 0.15) is 5.82 Å². The van der Waals surface area contributed by atoms with Crippen LogP contribution in [0.2, 0.25) is 0 Å². The topological polar surface area (TPSA) is 41.6 Å². The zero-order valence-electron chi connectivity index (χ0n) is 7.97. The molecule has 3 aromatic heterocycles. The van der Waals surface area contributed by atoms with E-state index in [1.54, 1.807) is 17.5 Å². The van der Waals surface area contributed by atoms with Crippen molar-refractivity contribution in [2.45, 2.75) is 6.42 Å². The Balaban J connectivity index is 1.98. The minimum absolute atomic E-state index is 0.795. The molecule has 3 nitrogen and oxygen atoms in total. The van der Waals surface area contributed by atoms with E-state index in [1.807, 2.05) is 12.1 Å². The van der Waals surface area contributed by atoms with Gasteiger partial charge in [-0.3, -0.25) is 0 Å². The van der Waals surface area contributed by atoms with E-state index in [0.717, 1.165) is 23.4 Å². The van der Waals surface area contributed by atoms with Gasteiger partial charge in [-0.1, -0.05) is 6.07 Å². The van der Waals surface area contributed by atoms with Gasteiger partial charge < -0.3 is 4.98 Å². The minimum atomic E-state index is 0.795. The molecule has 0 unspecified atom stereocenters. The van der Waals surface area contributed by atoms with Gasteiger partial charge >= 0.3 is 0 Å². The summed E-state index contributed by atoms with van der Waals surface area (Å²) >= 11 is 1.75. The molecule has 0 saturated heterocycles. The van der Waals surface area contributed by atoms with E-state index in [1.165, 1.54) is 4.88 Å². The Morgan fingerprint density at radius 2 is 2.27 bits per heavy atom. The standard InChI is InChI=1S/C11H9N3S/c1-4-9-11(12-5-1)14-10(13-9)7-8-3-2-6-15-8/h1-6H,7H2,(H,12,13,14). The van der Waals surface area contributed by atoms with E-state index < -0.39 is 0 Å². The SMILES string of the molecule is c1csc(Cc2nc3ncccc3[nH]2)c1. The van der Waals surface area contributed by atoms with Gasteiger partial charge in [-0.25, -0.2) is 9.97 Å². The van der Waals surface area contributed by atoms with E-state index in [-0.39, 0.29) is 0 Å². The average molecular weight is 215 g/mol. The fourth-order valence-electron chi connectivity index (χ4n) is 1.56. The van der Waals surface area contributed by atoms with Crippen molar-refractivity contribution in [3.63, 3.8) is 0 Å². The summed E-state index contributed by atoms with van der Waals surface area (Å²) in [5.74, 6) is 0.978. The van der Waals surface area contributed by atoms with Crippen LogP contribution in [0.15, 0.2) is 35.8 Å². The zero-order valence-corrected chi connectivity index (χ0v) is 8.79. The maximum atomic E-state index is 4.43. The van der Waals surface area contributed by atoms with Crippen LogP contribution in [0.3, 0.4) is 0 Å². The fraction of sp³-hybridized carbons (Fsp3) is 0.0909. The number of nitrogens with one attached hydrogen (secondary N) is 1. The number of fused-ring (bicyclic) bond motifs is 1. The molecule has 0 atom stereocenters. The van der Waals surface area contributed by atoms with Gasteiger partial charge in [0.2, 0.25) is 0 Å². The predicted octanol–water partition coefficient (Wildman–Crippen LogP) is 2.61. The van der Waals surface area contributed by atoms with Gasteiger partial charge in [0.15, 0.2) is 5.65 Å².